The summed E-state index contributed by atoms with van der Waals surface area (Å²) in [6.45, 7) is 0. The molecule has 0 aliphatic heterocycles. The minimum Gasteiger partial charge on any atom is -0.289 e. The Morgan fingerprint density at radius 3 is 2.58 bits per heavy atom. The lowest BCUT2D eigenvalue weighted by molar-refractivity contribution is 0.0996. The summed E-state index contributed by atoms with van der Waals surface area (Å²) in [4.78, 5) is 12.3. The molecule has 0 unspecified atom stereocenters. The highest BCUT2D eigenvalue weighted by Gasteiger charge is 2.32. The maximum absolute atomic E-state index is 12.3. The van der Waals surface area contributed by atoms with E-state index in [1.165, 1.54) is 22.3 Å². The fourth-order valence-electron chi connectivity index (χ4n) is 3.74. The predicted octanol–water partition coefficient (Wildman–Crippen LogP) is 6.44. The molecular weight excluding hydrogens is 363 g/mol. The molecule has 24 heavy (non-hydrogen) atoms. The van der Waals surface area contributed by atoms with Gasteiger partial charge in [-0.3, -0.25) is 4.79 Å². The van der Waals surface area contributed by atoms with Crippen LogP contribution in [0.1, 0.15) is 40.7 Å². The van der Waals surface area contributed by atoms with Crippen molar-refractivity contribution in [3.8, 4) is 0 Å². The molecule has 4 rings (SSSR count). The maximum Gasteiger partial charge on any atom is 0.253 e. The van der Waals surface area contributed by atoms with E-state index in [0.29, 0.717) is 5.56 Å². The zero-order valence-corrected chi connectivity index (χ0v) is 15.2. The van der Waals surface area contributed by atoms with Crippen molar-refractivity contribution in [1.29, 1.82) is 0 Å². The molecule has 2 aromatic rings. The number of carbonyl (C=O) groups excluding carboxylic acids is 1. The van der Waals surface area contributed by atoms with Gasteiger partial charge < -0.3 is 0 Å². The van der Waals surface area contributed by atoms with Gasteiger partial charge in [-0.25, -0.2) is 0 Å². The molecule has 4 heteroatoms. The van der Waals surface area contributed by atoms with Gasteiger partial charge in [0.25, 0.3) is 3.79 Å². The van der Waals surface area contributed by atoms with Crippen LogP contribution in [-0.4, -0.2) is 9.58 Å². The molecule has 0 N–H and O–H groups in total. The molecule has 2 aliphatic carbocycles. The Hall–Kier alpha value is -1.28. The quantitative estimate of drug-likeness (QED) is 0.412. The number of hydrogen-bond donors (Lipinski definition) is 0. The number of allylic oxidation sites excluding steroid dienone is 4. The van der Waals surface area contributed by atoms with E-state index < -0.39 is 9.58 Å². The first kappa shape index (κ1) is 16.2. The van der Waals surface area contributed by atoms with Gasteiger partial charge in [-0.15, -0.1) is 0 Å². The monoisotopic (exact) mass is 376 g/mol. The van der Waals surface area contributed by atoms with Gasteiger partial charge in [0.05, 0.1) is 0 Å². The van der Waals surface area contributed by atoms with Gasteiger partial charge in [0.1, 0.15) is 0 Å². The summed E-state index contributed by atoms with van der Waals surface area (Å²) in [5.41, 5.74) is 5.89. The number of aryl methyl sites for hydroxylation is 1. The molecule has 0 spiro atoms. The van der Waals surface area contributed by atoms with Gasteiger partial charge in [0.15, 0.2) is 0 Å². The number of carbonyl (C=O) groups is 1. The molecule has 0 radical (unpaired) electrons. The van der Waals surface area contributed by atoms with E-state index in [-0.39, 0.29) is 0 Å². The minimum absolute atomic E-state index is 0.440. The Labute approximate surface area is 155 Å². The summed E-state index contributed by atoms with van der Waals surface area (Å²) >= 11 is 17.3. The Bertz CT molecular complexity index is 916. The van der Waals surface area contributed by atoms with Gasteiger partial charge in [-0.1, -0.05) is 76.8 Å². The molecule has 1 nitrogen and oxygen atoms in total. The molecule has 0 aromatic heterocycles. The molecule has 2 aliphatic rings. The molecule has 2 aromatic carbocycles. The molecule has 122 valence electrons. The van der Waals surface area contributed by atoms with Gasteiger partial charge in [-0.05, 0) is 59.2 Å². The number of benzene rings is 2. The highest BCUT2D eigenvalue weighted by molar-refractivity contribution is 6.77. The van der Waals surface area contributed by atoms with Crippen LogP contribution in [-0.2, 0) is 6.42 Å². The second kappa shape index (κ2) is 5.91. The van der Waals surface area contributed by atoms with Gasteiger partial charge in [0.2, 0.25) is 5.78 Å². The van der Waals surface area contributed by atoms with Gasteiger partial charge >= 0.3 is 0 Å². The molecule has 0 heterocycles. The highest BCUT2D eigenvalue weighted by atomic mass is 35.6. The summed E-state index contributed by atoms with van der Waals surface area (Å²) < 4.78 is -1.93. The van der Waals surface area contributed by atoms with Crippen molar-refractivity contribution in [2.24, 2.45) is 0 Å². The Kier molecular flexibility index (Phi) is 3.99. The highest BCUT2D eigenvalue weighted by Crippen LogP contribution is 2.40. The second-order valence-corrected chi connectivity index (χ2v) is 8.59. The SMILES string of the molecule is O=C(c1ccc2ccc3c(c2c1)CCC1=C3C=CCC1)C(Cl)(Cl)Cl. The van der Waals surface area contributed by atoms with E-state index in [4.69, 9.17) is 34.8 Å². The molecule has 0 bridgehead atoms. The van der Waals surface area contributed by atoms with Crippen LogP contribution in [0.4, 0.5) is 0 Å². The largest absolute Gasteiger partial charge is 0.289 e. The number of fused-ring (bicyclic) bond motifs is 4. The van der Waals surface area contributed by atoms with Crippen molar-refractivity contribution in [2.45, 2.75) is 29.5 Å². The summed E-state index contributed by atoms with van der Waals surface area (Å²) in [5, 5.41) is 2.19. The maximum atomic E-state index is 12.3. The van der Waals surface area contributed by atoms with E-state index in [1.54, 1.807) is 6.07 Å². The van der Waals surface area contributed by atoms with Crippen LogP contribution in [0.15, 0.2) is 48.1 Å². The van der Waals surface area contributed by atoms with Crippen molar-refractivity contribution in [3.63, 3.8) is 0 Å². The topological polar surface area (TPSA) is 17.1 Å². The van der Waals surface area contributed by atoms with Crippen LogP contribution in [0.3, 0.4) is 0 Å². The van der Waals surface area contributed by atoms with E-state index >= 15 is 0 Å². The Balaban J connectivity index is 1.90. The number of halogens is 3. The van der Waals surface area contributed by atoms with Crippen LogP contribution in [0.2, 0.25) is 0 Å². The third-order valence-corrected chi connectivity index (χ3v) is 5.41. The third kappa shape index (κ3) is 2.69. The standard InChI is InChI=1S/C20H15Cl3O/c21-20(22,23)19(24)14-6-5-13-8-9-16-15-4-2-1-3-12(15)7-10-17(16)18(13)11-14/h2,4-6,8-9,11H,1,3,7,10H2. The summed E-state index contributed by atoms with van der Waals surface area (Å²) in [5.74, 6) is -0.486. The minimum atomic E-state index is -1.93. The zero-order chi connectivity index (χ0) is 16.9. The number of Topliss-reactive ketones (excluding diaryl/α,β-unsaturated/α-hetero) is 1. The smallest absolute Gasteiger partial charge is 0.253 e. The van der Waals surface area contributed by atoms with Crippen molar-refractivity contribution < 1.29 is 4.79 Å². The number of ketones is 1. The summed E-state index contributed by atoms with van der Waals surface area (Å²) in [7, 11) is 0. The molecule has 0 amide bonds. The van der Waals surface area contributed by atoms with Crippen LogP contribution >= 0.6 is 34.8 Å². The lowest BCUT2D eigenvalue weighted by atomic mass is 9.79. The third-order valence-electron chi connectivity index (χ3n) is 4.90. The first-order valence-electron chi connectivity index (χ1n) is 8.01. The Morgan fingerprint density at radius 1 is 1.00 bits per heavy atom. The molecule has 0 fully saturated rings. The lowest BCUT2D eigenvalue weighted by Gasteiger charge is -2.25. The first-order valence-corrected chi connectivity index (χ1v) is 9.14. The van der Waals surface area contributed by atoms with Crippen molar-refractivity contribution in [1.82, 2.24) is 0 Å². The molecule has 0 saturated carbocycles. The number of alkyl halides is 3. The van der Waals surface area contributed by atoms with Gasteiger partial charge in [-0.2, -0.15) is 0 Å². The number of rotatable bonds is 1. The molecular formula is C20H15Cl3O. The predicted molar refractivity (Wildman–Crippen MR) is 102 cm³/mol. The first-order chi connectivity index (χ1) is 11.4. The molecule has 0 saturated heterocycles. The van der Waals surface area contributed by atoms with Gasteiger partial charge in [0, 0.05) is 5.56 Å². The normalized spacial score (nSPS) is 17.0. The number of hydrogen-bond acceptors (Lipinski definition) is 1. The average molecular weight is 378 g/mol. The average Bonchev–Trinajstić information content (AvgIpc) is 2.59. The van der Waals surface area contributed by atoms with Crippen molar-refractivity contribution in [2.75, 3.05) is 0 Å². The second-order valence-electron chi connectivity index (χ2n) is 6.31. The van der Waals surface area contributed by atoms with Crippen LogP contribution in [0.25, 0.3) is 16.3 Å². The summed E-state index contributed by atoms with van der Waals surface area (Å²) in [6, 6.07) is 9.83. The van der Waals surface area contributed by atoms with Crippen LogP contribution < -0.4 is 0 Å². The van der Waals surface area contributed by atoms with Crippen molar-refractivity contribution >= 4 is 56.9 Å². The van der Waals surface area contributed by atoms with Crippen LogP contribution in [0.5, 0.6) is 0 Å². The van der Waals surface area contributed by atoms with E-state index in [9.17, 15) is 4.79 Å². The fraction of sp³-hybridized carbons (Fsp3) is 0.250. The van der Waals surface area contributed by atoms with E-state index in [0.717, 1.165) is 36.5 Å². The lowest BCUT2D eigenvalue weighted by Crippen LogP contribution is -2.18. The molecule has 0 atom stereocenters. The van der Waals surface area contributed by atoms with Crippen molar-refractivity contribution in [3.05, 3.63) is 64.7 Å². The Morgan fingerprint density at radius 2 is 1.79 bits per heavy atom. The van der Waals surface area contributed by atoms with E-state index in [2.05, 4.69) is 24.3 Å². The zero-order valence-electron chi connectivity index (χ0n) is 12.9. The van der Waals surface area contributed by atoms with E-state index in [1.807, 2.05) is 12.1 Å². The summed E-state index contributed by atoms with van der Waals surface area (Å²) in [6.07, 6.45) is 8.82. The van der Waals surface area contributed by atoms with Crippen LogP contribution in [0, 0.1) is 0 Å². The fourth-order valence-corrected chi connectivity index (χ4v) is 4.06.